The monoisotopic (exact) mass is 760 g/mol. The third-order valence-electron chi connectivity index (χ3n) is 13.5. The molecule has 1 heteroatoms. The molecule has 278 valence electrons. The highest BCUT2D eigenvalue weighted by Gasteiger charge is 2.39. The second-order valence-corrected chi connectivity index (χ2v) is 18.2. The molecule has 0 nitrogen and oxygen atoms in total. The summed E-state index contributed by atoms with van der Waals surface area (Å²) >= 11 is 1.88. The van der Waals surface area contributed by atoms with Crippen LogP contribution < -0.4 is 0 Å². The van der Waals surface area contributed by atoms with Crippen molar-refractivity contribution in [1.29, 1.82) is 0 Å². The third kappa shape index (κ3) is 4.74. The molecule has 0 N–H and O–H groups in total. The van der Waals surface area contributed by atoms with Gasteiger partial charge in [0.2, 0.25) is 0 Å². The van der Waals surface area contributed by atoms with Gasteiger partial charge in [-0.25, -0.2) is 0 Å². The van der Waals surface area contributed by atoms with Gasteiger partial charge in [0, 0.05) is 31.0 Å². The lowest BCUT2D eigenvalue weighted by atomic mass is 9.79. The Balaban J connectivity index is 1.27. The van der Waals surface area contributed by atoms with E-state index in [1.54, 1.807) is 0 Å². The van der Waals surface area contributed by atoms with Crippen LogP contribution in [-0.2, 0) is 10.8 Å². The maximum absolute atomic E-state index is 4.61. The minimum Gasteiger partial charge on any atom is -0.135 e. The fourth-order valence-electron chi connectivity index (χ4n) is 10.8. The van der Waals surface area contributed by atoms with Crippen molar-refractivity contribution >= 4 is 64.2 Å². The molecule has 0 aliphatic heterocycles. The van der Waals surface area contributed by atoms with E-state index < -0.39 is 0 Å². The molecule has 0 fully saturated rings. The largest absolute Gasteiger partial charge is 0.135 e. The normalized spacial score (nSPS) is 16.6. The number of hydrogen-bond donors (Lipinski definition) is 0. The maximum Gasteiger partial charge on any atom is 0.0361 e. The van der Waals surface area contributed by atoms with E-state index in [1.165, 1.54) is 120 Å². The first-order valence-corrected chi connectivity index (χ1v) is 21.3. The summed E-state index contributed by atoms with van der Waals surface area (Å²) in [6.45, 7) is 16.3. The van der Waals surface area contributed by atoms with Gasteiger partial charge in [-0.1, -0.05) is 174 Å². The van der Waals surface area contributed by atoms with E-state index in [-0.39, 0.29) is 10.8 Å². The van der Waals surface area contributed by atoms with Crippen LogP contribution in [0.1, 0.15) is 62.4 Å². The van der Waals surface area contributed by atoms with E-state index in [0.717, 1.165) is 0 Å². The number of benzene rings is 8. The predicted octanol–water partition coefficient (Wildman–Crippen LogP) is 16.3. The molecule has 2 aliphatic rings. The Labute approximate surface area is 345 Å². The van der Waals surface area contributed by atoms with Gasteiger partial charge in [-0.2, -0.15) is 0 Å². The second kappa shape index (κ2) is 12.6. The van der Waals surface area contributed by atoms with Crippen molar-refractivity contribution in [3.63, 3.8) is 0 Å². The summed E-state index contributed by atoms with van der Waals surface area (Å²) in [4.78, 5) is 0. The van der Waals surface area contributed by atoms with Crippen LogP contribution in [0.15, 0.2) is 176 Å². The highest BCUT2D eigenvalue weighted by Crippen LogP contribution is 2.55. The minimum atomic E-state index is -0.143. The molecule has 2 aliphatic carbocycles. The Kier molecular flexibility index (Phi) is 7.59. The van der Waals surface area contributed by atoms with Crippen molar-refractivity contribution in [1.82, 2.24) is 0 Å². The summed E-state index contributed by atoms with van der Waals surface area (Å²) < 4.78 is 2.63. The lowest BCUT2D eigenvalue weighted by molar-refractivity contribution is 0.660. The molecule has 0 bridgehead atoms. The van der Waals surface area contributed by atoms with Crippen molar-refractivity contribution in [2.24, 2.45) is 0 Å². The van der Waals surface area contributed by atoms with Crippen LogP contribution in [-0.4, -0.2) is 0 Å². The van der Waals surface area contributed by atoms with Gasteiger partial charge in [0.1, 0.15) is 0 Å². The fraction of sp³-hybridized carbons (Fsp3) is 0.123. The third-order valence-corrected chi connectivity index (χ3v) is 14.6. The van der Waals surface area contributed by atoms with Gasteiger partial charge < -0.3 is 0 Å². The Morgan fingerprint density at radius 1 is 0.500 bits per heavy atom. The van der Waals surface area contributed by atoms with Crippen LogP contribution in [0.4, 0.5) is 0 Å². The zero-order valence-electron chi connectivity index (χ0n) is 33.7. The van der Waals surface area contributed by atoms with Crippen LogP contribution in [0.3, 0.4) is 0 Å². The second-order valence-electron chi connectivity index (χ2n) is 17.1. The molecule has 9 aromatic rings. The van der Waals surface area contributed by atoms with Gasteiger partial charge in [0.15, 0.2) is 0 Å². The fourth-order valence-corrected chi connectivity index (χ4v) is 11.9. The van der Waals surface area contributed by atoms with Crippen molar-refractivity contribution < 1.29 is 0 Å². The van der Waals surface area contributed by atoms with Gasteiger partial charge in [0.05, 0.1) is 0 Å². The summed E-state index contributed by atoms with van der Waals surface area (Å²) in [7, 11) is 0. The molecule has 0 atom stereocenters. The molecule has 1 aromatic heterocycles. The SMILES string of the molecule is C=CC(=C1/C(=C\C)C(C)(C)c2ccccc21)c1c2ccccc2c(-c2cccc3sc4ccccc4c23)c2ccc(-c3ccc4c(c3)C(C)(C)c3ccccc3-4)cc12. The summed E-state index contributed by atoms with van der Waals surface area (Å²) in [6, 6.07) is 57.1. The molecule has 0 spiro atoms. The summed E-state index contributed by atoms with van der Waals surface area (Å²) in [5.41, 5.74) is 18.0. The zero-order chi connectivity index (χ0) is 39.5. The van der Waals surface area contributed by atoms with E-state index in [9.17, 15) is 0 Å². The molecule has 58 heavy (non-hydrogen) atoms. The Morgan fingerprint density at radius 3 is 1.86 bits per heavy atom. The molecule has 0 saturated heterocycles. The molecule has 1 heterocycles. The summed E-state index contributed by atoms with van der Waals surface area (Å²) in [5, 5.41) is 7.63. The minimum absolute atomic E-state index is 0.0821. The summed E-state index contributed by atoms with van der Waals surface area (Å²) in [5.74, 6) is 0. The highest BCUT2D eigenvalue weighted by atomic mass is 32.1. The lowest BCUT2D eigenvalue weighted by Gasteiger charge is -2.24. The van der Waals surface area contributed by atoms with Crippen LogP contribution in [0.5, 0.6) is 0 Å². The predicted molar refractivity (Wildman–Crippen MR) is 253 cm³/mol. The van der Waals surface area contributed by atoms with Crippen molar-refractivity contribution in [2.75, 3.05) is 0 Å². The van der Waals surface area contributed by atoms with Crippen molar-refractivity contribution in [3.8, 4) is 33.4 Å². The first-order valence-electron chi connectivity index (χ1n) is 20.5. The molecule has 0 radical (unpaired) electrons. The molecule has 8 aromatic carbocycles. The van der Waals surface area contributed by atoms with Gasteiger partial charge >= 0.3 is 0 Å². The smallest absolute Gasteiger partial charge is 0.0361 e. The van der Waals surface area contributed by atoms with Crippen LogP contribution >= 0.6 is 11.3 Å². The number of hydrogen-bond acceptors (Lipinski definition) is 1. The maximum atomic E-state index is 4.61. The van der Waals surface area contributed by atoms with E-state index >= 15 is 0 Å². The Hall–Kier alpha value is -6.28. The summed E-state index contributed by atoms with van der Waals surface area (Å²) in [6.07, 6.45) is 4.46. The molecule has 0 unspecified atom stereocenters. The topological polar surface area (TPSA) is 0 Å². The van der Waals surface area contributed by atoms with Gasteiger partial charge in [-0.3, -0.25) is 0 Å². The van der Waals surface area contributed by atoms with Crippen LogP contribution in [0.2, 0.25) is 0 Å². The van der Waals surface area contributed by atoms with Crippen LogP contribution in [0, 0.1) is 0 Å². The van der Waals surface area contributed by atoms with Crippen molar-refractivity contribution in [2.45, 2.75) is 45.4 Å². The standard InChI is InChI=1S/C57H44S/c1-7-36(54-42-21-12-15-25-48(42)56(3,4)46(54)8-2)52-39-19-9-10-20-40(39)53(44-23-17-27-51-55(44)43-22-13-16-26-50(43)58-51)41-31-29-34(32-45(41)52)35-28-30-38-37-18-11-14-24-47(37)57(5,6)49(38)33-35/h7-33H,1H2,2-6H3/b46-8+,54-36?. The Bertz CT molecular complexity index is 3300. The van der Waals surface area contributed by atoms with Crippen LogP contribution in [0.25, 0.3) is 86.2 Å². The first kappa shape index (κ1) is 34.9. The number of fused-ring (bicyclic) bond motifs is 9. The molecular formula is C57H44S. The van der Waals surface area contributed by atoms with Gasteiger partial charge in [-0.15, -0.1) is 11.3 Å². The first-order chi connectivity index (χ1) is 28.2. The highest BCUT2D eigenvalue weighted by molar-refractivity contribution is 7.26. The number of allylic oxidation sites excluding steroid dienone is 5. The quantitative estimate of drug-likeness (QED) is 0.157. The van der Waals surface area contributed by atoms with E-state index in [0.29, 0.717) is 0 Å². The number of rotatable bonds is 4. The molecule has 0 amide bonds. The van der Waals surface area contributed by atoms with Crippen molar-refractivity contribution in [3.05, 3.63) is 204 Å². The van der Waals surface area contributed by atoms with Gasteiger partial charge in [0.25, 0.3) is 0 Å². The average molecular weight is 761 g/mol. The number of thiophene rings is 1. The van der Waals surface area contributed by atoms with Gasteiger partial charge in [-0.05, 0) is 131 Å². The average Bonchev–Trinajstić information content (AvgIpc) is 3.83. The van der Waals surface area contributed by atoms with E-state index in [2.05, 4.69) is 205 Å². The van der Waals surface area contributed by atoms with E-state index in [4.69, 9.17) is 0 Å². The molecule has 11 rings (SSSR count). The lowest BCUT2D eigenvalue weighted by Crippen LogP contribution is -2.15. The molecule has 0 saturated carbocycles. The van der Waals surface area contributed by atoms with E-state index in [1.807, 2.05) is 11.3 Å². The Morgan fingerprint density at radius 2 is 1.09 bits per heavy atom. The zero-order valence-corrected chi connectivity index (χ0v) is 34.5. The molecular weight excluding hydrogens is 717 g/mol.